The average Bonchev–Trinajstić information content (AvgIpc) is 0.816. The number of ether oxygens (including phenoxy) is 10. The molecule has 15 heteroatoms. The molecule has 6 aromatic carbocycles. The van der Waals surface area contributed by atoms with Crippen LogP contribution >= 0.6 is 0 Å². The van der Waals surface area contributed by atoms with E-state index >= 15 is 0 Å². The highest BCUT2D eigenvalue weighted by atomic mass is 16.6. The summed E-state index contributed by atoms with van der Waals surface area (Å²) in [4.78, 5) is 59.5. The number of pyridine rings is 1. The van der Waals surface area contributed by atoms with Gasteiger partial charge in [-0.05, 0) is 171 Å². The van der Waals surface area contributed by atoms with Crippen LogP contribution in [0.1, 0.15) is 337 Å². The van der Waals surface area contributed by atoms with Gasteiger partial charge in [-0.25, -0.2) is 24.2 Å². The van der Waals surface area contributed by atoms with E-state index in [0.717, 1.165) is 125 Å². The van der Waals surface area contributed by atoms with E-state index in [1.165, 1.54) is 128 Å². The first-order chi connectivity index (χ1) is 55.0. The number of benzene rings is 6. The number of carbonyl (C=O) groups is 4. The Morgan fingerprint density at radius 1 is 0.250 bits per heavy atom. The summed E-state index contributed by atoms with van der Waals surface area (Å²) in [5.41, 5.74) is 4.44. The van der Waals surface area contributed by atoms with Gasteiger partial charge < -0.3 is 47.4 Å². The fourth-order valence-corrected chi connectivity index (χ4v) is 12.8. The molecule has 0 bridgehead atoms. The molecule has 0 aliphatic rings. The lowest BCUT2D eigenvalue weighted by atomic mass is 10.1. The van der Waals surface area contributed by atoms with Gasteiger partial charge in [0.25, 0.3) is 0 Å². The van der Waals surface area contributed by atoms with Crippen molar-refractivity contribution in [2.24, 2.45) is 0 Å². The van der Waals surface area contributed by atoms with Crippen molar-refractivity contribution in [3.8, 4) is 57.5 Å². The Bertz CT molecular complexity index is 3520. The molecule has 0 saturated heterocycles. The summed E-state index contributed by atoms with van der Waals surface area (Å²) in [6.07, 6.45) is 48.1. The van der Waals surface area contributed by atoms with Crippen molar-refractivity contribution >= 4 is 48.2 Å². The summed E-state index contributed by atoms with van der Waals surface area (Å²) in [6, 6.07) is 39.5. The third-order valence-corrected chi connectivity index (χ3v) is 19.5. The number of rotatable bonds is 60. The molecule has 7 rings (SSSR count). The van der Waals surface area contributed by atoms with E-state index in [9.17, 15) is 19.2 Å². The molecule has 0 spiro atoms. The zero-order valence-corrected chi connectivity index (χ0v) is 68.4. The maximum absolute atomic E-state index is 14.0. The highest BCUT2D eigenvalue weighted by molar-refractivity contribution is 5.95. The van der Waals surface area contributed by atoms with Gasteiger partial charge in [0.2, 0.25) is 11.5 Å². The average molecular weight is 1530 g/mol. The SMILES string of the molecule is CCCCCCCCOc1cc(C(=O)Oc2ccc(OC(=O)c3ccc(/C=C/c4cccc(/C=C/c5ccc(C(=O)Oc6ccc(OC(=O)c7cc(OCCCCCCCC)c(OCCCCCCCC)c(OCCCCCCCC)c7)cc6)cc5)n4)cc3)cc2)cc(OCCCCCCCC)c1OCCCCCCCC. The third-order valence-electron chi connectivity index (χ3n) is 19.5. The molecule has 7 aromatic rings. The zero-order valence-electron chi connectivity index (χ0n) is 68.4. The van der Waals surface area contributed by atoms with Crippen LogP contribution in [0.15, 0.2) is 140 Å². The first kappa shape index (κ1) is 89.8. The van der Waals surface area contributed by atoms with Gasteiger partial charge in [0, 0.05) is 0 Å². The molecule has 0 radical (unpaired) electrons. The van der Waals surface area contributed by atoms with Crippen molar-refractivity contribution < 1.29 is 66.5 Å². The maximum atomic E-state index is 14.0. The fraction of sp³-hybridized carbons (Fsp3) is 0.495. The van der Waals surface area contributed by atoms with Crippen LogP contribution in [0.4, 0.5) is 0 Å². The molecular weight excluding hydrogens is 1400 g/mol. The lowest BCUT2D eigenvalue weighted by Gasteiger charge is -2.19. The molecule has 15 nitrogen and oxygen atoms in total. The Kier molecular flexibility index (Phi) is 44.2. The molecular formula is C97H129NO14. The summed E-state index contributed by atoms with van der Waals surface area (Å²) in [5, 5.41) is 0. The Labute approximate surface area is 670 Å². The van der Waals surface area contributed by atoms with E-state index in [1.807, 2.05) is 66.8 Å². The van der Waals surface area contributed by atoms with Crippen molar-refractivity contribution in [2.45, 2.75) is 273 Å². The van der Waals surface area contributed by atoms with Crippen LogP contribution in [0.5, 0.6) is 57.5 Å². The molecule has 0 amide bonds. The highest BCUT2D eigenvalue weighted by Gasteiger charge is 2.24. The molecule has 0 saturated carbocycles. The van der Waals surface area contributed by atoms with Gasteiger partial charge in [-0.15, -0.1) is 0 Å². The van der Waals surface area contributed by atoms with Crippen molar-refractivity contribution in [3.63, 3.8) is 0 Å². The third kappa shape index (κ3) is 35.1. The number of aromatic nitrogens is 1. The summed E-state index contributed by atoms with van der Waals surface area (Å²) in [7, 11) is 0. The fourth-order valence-electron chi connectivity index (χ4n) is 12.8. The normalized spacial score (nSPS) is 11.3. The molecule has 112 heavy (non-hydrogen) atoms. The first-order valence-electron chi connectivity index (χ1n) is 42.8. The minimum absolute atomic E-state index is 0.279. The van der Waals surface area contributed by atoms with Crippen molar-refractivity contribution in [2.75, 3.05) is 39.6 Å². The predicted molar refractivity (Wildman–Crippen MR) is 454 cm³/mol. The van der Waals surface area contributed by atoms with Crippen molar-refractivity contribution in [3.05, 3.63) is 184 Å². The van der Waals surface area contributed by atoms with Gasteiger partial charge in [0.1, 0.15) is 23.0 Å². The molecule has 0 N–H and O–H groups in total. The number of hydrogen-bond acceptors (Lipinski definition) is 15. The van der Waals surface area contributed by atoms with E-state index in [0.29, 0.717) is 85.3 Å². The number of unbranched alkanes of at least 4 members (excludes halogenated alkanes) is 30. The highest BCUT2D eigenvalue weighted by Crippen LogP contribution is 2.42. The smallest absolute Gasteiger partial charge is 0.343 e. The summed E-state index contributed by atoms with van der Waals surface area (Å²) in [6.45, 7) is 16.3. The van der Waals surface area contributed by atoms with E-state index in [-0.39, 0.29) is 34.1 Å². The first-order valence-corrected chi connectivity index (χ1v) is 42.8. The van der Waals surface area contributed by atoms with Crippen LogP contribution in [-0.4, -0.2) is 68.5 Å². The van der Waals surface area contributed by atoms with Gasteiger partial charge >= 0.3 is 23.9 Å². The Morgan fingerprint density at radius 3 is 0.723 bits per heavy atom. The second kappa shape index (κ2) is 55.1. The second-order valence-electron chi connectivity index (χ2n) is 29.2. The summed E-state index contributed by atoms with van der Waals surface area (Å²) >= 11 is 0. The van der Waals surface area contributed by atoms with Gasteiger partial charge in [-0.1, -0.05) is 277 Å². The van der Waals surface area contributed by atoms with E-state index in [4.69, 9.17) is 52.4 Å². The van der Waals surface area contributed by atoms with Crippen molar-refractivity contribution in [1.29, 1.82) is 0 Å². The number of esters is 4. The molecule has 0 aliphatic heterocycles. The zero-order chi connectivity index (χ0) is 79.3. The molecule has 0 aliphatic carbocycles. The van der Waals surface area contributed by atoms with E-state index in [2.05, 4.69) is 41.5 Å². The Balaban J connectivity index is 0.903. The Hall–Kier alpha value is -9.37. The summed E-state index contributed by atoms with van der Waals surface area (Å²) < 4.78 is 62.0. The van der Waals surface area contributed by atoms with Crippen LogP contribution in [-0.2, 0) is 0 Å². The number of hydrogen-bond donors (Lipinski definition) is 0. The van der Waals surface area contributed by atoms with Gasteiger partial charge in [-0.3, -0.25) is 0 Å². The molecule has 0 fully saturated rings. The molecule has 606 valence electrons. The Morgan fingerprint density at radius 2 is 0.473 bits per heavy atom. The van der Waals surface area contributed by atoms with Gasteiger partial charge in [0.15, 0.2) is 23.0 Å². The quantitative estimate of drug-likeness (QED) is 0.0200. The largest absolute Gasteiger partial charge is 0.490 e. The number of carbonyl (C=O) groups excluding carboxylic acids is 4. The van der Waals surface area contributed by atoms with Crippen LogP contribution in [0.2, 0.25) is 0 Å². The van der Waals surface area contributed by atoms with Crippen LogP contribution in [0.25, 0.3) is 24.3 Å². The standard InChI is InChI=1S/C97H129NO14/c1-7-13-19-25-31-37-66-103-88-72-80(73-89(104-67-38-32-26-20-14-8-2)92(88)107-70-41-35-29-23-17-11-5)96(101)111-86-62-58-84(59-63-86)109-94(99)78-52-46-76(47-53-78)50-56-82-44-43-45-83(98-82)57-51-77-48-54-79(55-49-77)95(100)110-85-60-64-87(65-61-85)112-97(102)81-74-90(105-68-39-33-27-21-15-9-3)93(108-71-42-36-30-24-18-12-6)91(75-81)106-69-40-34-28-22-16-10-4/h43-65,72-75H,7-42,66-71H2,1-6H3/b56-50+,57-51+. The van der Waals surface area contributed by atoms with Crippen LogP contribution in [0.3, 0.4) is 0 Å². The molecule has 0 unspecified atom stereocenters. The lowest BCUT2D eigenvalue weighted by Crippen LogP contribution is -2.12. The monoisotopic (exact) mass is 1530 g/mol. The predicted octanol–water partition coefficient (Wildman–Crippen LogP) is 26.7. The topological polar surface area (TPSA) is 173 Å². The van der Waals surface area contributed by atoms with Gasteiger partial charge in [-0.2, -0.15) is 0 Å². The lowest BCUT2D eigenvalue weighted by molar-refractivity contribution is 0.0718. The van der Waals surface area contributed by atoms with Crippen LogP contribution < -0.4 is 47.4 Å². The minimum Gasteiger partial charge on any atom is -0.490 e. The van der Waals surface area contributed by atoms with E-state index < -0.39 is 23.9 Å². The van der Waals surface area contributed by atoms with Crippen LogP contribution in [0, 0.1) is 0 Å². The maximum Gasteiger partial charge on any atom is 0.343 e. The van der Waals surface area contributed by atoms with E-state index in [1.54, 1.807) is 97.1 Å². The minimum atomic E-state index is -0.580. The second-order valence-corrected chi connectivity index (χ2v) is 29.2. The molecule has 1 heterocycles. The van der Waals surface area contributed by atoms with Gasteiger partial charge in [0.05, 0.1) is 73.3 Å². The number of nitrogens with zero attached hydrogens (tertiary/aromatic N) is 1. The molecule has 1 aromatic heterocycles. The molecule has 0 atom stereocenters. The summed E-state index contributed by atoms with van der Waals surface area (Å²) in [5.74, 6) is 1.85. The van der Waals surface area contributed by atoms with Crippen molar-refractivity contribution in [1.82, 2.24) is 4.98 Å².